The first-order chi connectivity index (χ1) is 11.8. The maximum absolute atomic E-state index is 12.7. The molecule has 1 N–H and O–H groups in total. The zero-order chi connectivity index (χ0) is 16.4. The van der Waals surface area contributed by atoms with E-state index in [1.807, 2.05) is 12.1 Å². The van der Waals surface area contributed by atoms with Gasteiger partial charge in [0.15, 0.2) is 0 Å². The molecule has 5 heteroatoms. The van der Waals surface area contributed by atoms with Gasteiger partial charge in [0, 0.05) is 31.2 Å². The van der Waals surface area contributed by atoms with Gasteiger partial charge in [0.05, 0.1) is 12.1 Å². The highest BCUT2D eigenvalue weighted by molar-refractivity contribution is 5.93. The van der Waals surface area contributed by atoms with Crippen molar-refractivity contribution in [2.24, 2.45) is 5.92 Å². The van der Waals surface area contributed by atoms with Gasteiger partial charge in [-0.3, -0.25) is 9.78 Å². The summed E-state index contributed by atoms with van der Waals surface area (Å²) in [6, 6.07) is 8.30. The van der Waals surface area contributed by atoms with Crippen LogP contribution in [0.5, 0.6) is 0 Å². The summed E-state index contributed by atoms with van der Waals surface area (Å²) < 4.78 is 0. The van der Waals surface area contributed by atoms with Gasteiger partial charge in [-0.2, -0.15) is 0 Å². The molecule has 1 atom stereocenters. The van der Waals surface area contributed by atoms with E-state index in [9.17, 15) is 4.79 Å². The van der Waals surface area contributed by atoms with Crippen LogP contribution in [0.15, 0.2) is 42.9 Å². The van der Waals surface area contributed by atoms with Crippen LogP contribution in [-0.2, 0) is 4.79 Å². The number of hydrogen-bond acceptors (Lipinski definition) is 4. The molecule has 1 aliphatic carbocycles. The molecule has 2 aliphatic rings. The van der Waals surface area contributed by atoms with Crippen LogP contribution in [0.2, 0.25) is 0 Å². The Balaban J connectivity index is 1.41. The summed E-state index contributed by atoms with van der Waals surface area (Å²) in [5, 5.41) is 3.11. The number of aromatic nitrogens is 2. The van der Waals surface area contributed by atoms with Crippen LogP contribution in [0.3, 0.4) is 0 Å². The number of piperidine rings is 1. The maximum Gasteiger partial charge on any atom is 0.229 e. The molecule has 1 aliphatic heterocycles. The second-order valence-electron chi connectivity index (χ2n) is 6.74. The van der Waals surface area contributed by atoms with Crippen LogP contribution in [0, 0.1) is 5.92 Å². The molecule has 0 bridgehead atoms. The van der Waals surface area contributed by atoms with E-state index in [4.69, 9.17) is 0 Å². The molecule has 0 spiro atoms. The lowest BCUT2D eigenvalue weighted by Gasteiger charge is -2.32. The molecule has 0 radical (unpaired) electrons. The lowest BCUT2D eigenvalue weighted by molar-refractivity contribution is -0.120. The van der Waals surface area contributed by atoms with Gasteiger partial charge in [-0.25, -0.2) is 4.98 Å². The minimum atomic E-state index is -0.00895. The normalized spacial score (nSPS) is 20.7. The third kappa shape index (κ3) is 3.40. The summed E-state index contributed by atoms with van der Waals surface area (Å²) in [7, 11) is 0. The third-order valence-corrected chi connectivity index (χ3v) is 4.87. The quantitative estimate of drug-likeness (QED) is 0.939. The molecule has 2 aromatic rings. The summed E-state index contributed by atoms with van der Waals surface area (Å²) in [5.41, 5.74) is 2.26. The maximum atomic E-state index is 12.7. The highest BCUT2D eigenvalue weighted by Gasteiger charge is 2.27. The number of anilines is 2. The van der Waals surface area contributed by atoms with Gasteiger partial charge in [0.1, 0.15) is 5.82 Å². The molecular weight excluding hydrogens is 300 g/mol. The van der Waals surface area contributed by atoms with Crippen molar-refractivity contribution >= 4 is 17.4 Å². The Kier molecular flexibility index (Phi) is 4.15. The van der Waals surface area contributed by atoms with Gasteiger partial charge in [-0.05, 0) is 49.3 Å². The highest BCUT2D eigenvalue weighted by Crippen LogP contribution is 2.40. The second-order valence-corrected chi connectivity index (χ2v) is 6.74. The van der Waals surface area contributed by atoms with Gasteiger partial charge in [0.2, 0.25) is 5.91 Å². The summed E-state index contributed by atoms with van der Waals surface area (Å²) in [6.07, 6.45) is 9.59. The fourth-order valence-electron chi connectivity index (χ4n) is 3.39. The van der Waals surface area contributed by atoms with Crippen molar-refractivity contribution in [3.63, 3.8) is 0 Å². The molecule has 1 amide bonds. The fraction of sp³-hybridized carbons (Fsp3) is 0.421. The van der Waals surface area contributed by atoms with Crippen LogP contribution in [0.4, 0.5) is 11.5 Å². The predicted molar refractivity (Wildman–Crippen MR) is 94.0 cm³/mol. The number of amides is 1. The Labute approximate surface area is 142 Å². The second kappa shape index (κ2) is 6.59. The molecule has 4 rings (SSSR count). The van der Waals surface area contributed by atoms with Gasteiger partial charge in [0.25, 0.3) is 0 Å². The molecular formula is C19H22N4O. The van der Waals surface area contributed by atoms with E-state index >= 15 is 0 Å². The van der Waals surface area contributed by atoms with Gasteiger partial charge < -0.3 is 10.2 Å². The number of nitrogens with zero attached hydrogens (tertiary/aromatic N) is 3. The topological polar surface area (TPSA) is 58.1 Å². The van der Waals surface area contributed by atoms with Gasteiger partial charge >= 0.3 is 0 Å². The molecule has 2 heterocycles. The highest BCUT2D eigenvalue weighted by atomic mass is 16.1. The predicted octanol–water partition coefficient (Wildman–Crippen LogP) is 3.21. The molecule has 5 nitrogen and oxygen atoms in total. The molecule has 2 fully saturated rings. The van der Waals surface area contributed by atoms with Crippen LogP contribution in [0.25, 0.3) is 0 Å². The van der Waals surface area contributed by atoms with E-state index in [0.717, 1.165) is 30.9 Å². The van der Waals surface area contributed by atoms with E-state index in [2.05, 4.69) is 32.3 Å². The smallest absolute Gasteiger partial charge is 0.229 e. The SMILES string of the molecule is O=C(Nc1cccc(C2CC2)c1)C1CCCN(c2cnccn2)C1. The molecule has 24 heavy (non-hydrogen) atoms. The van der Waals surface area contributed by atoms with Crippen LogP contribution >= 0.6 is 0 Å². The van der Waals surface area contributed by atoms with Crippen molar-refractivity contribution in [3.8, 4) is 0 Å². The van der Waals surface area contributed by atoms with E-state index in [-0.39, 0.29) is 11.8 Å². The lowest BCUT2D eigenvalue weighted by atomic mass is 9.97. The number of carbonyl (C=O) groups is 1. The molecule has 1 aromatic carbocycles. The van der Waals surface area contributed by atoms with Crippen molar-refractivity contribution < 1.29 is 4.79 Å². The lowest BCUT2D eigenvalue weighted by Crippen LogP contribution is -2.41. The average Bonchev–Trinajstić information content (AvgIpc) is 3.48. The molecule has 1 saturated carbocycles. The molecule has 1 unspecified atom stereocenters. The van der Waals surface area contributed by atoms with Gasteiger partial charge in [-0.15, -0.1) is 0 Å². The van der Waals surface area contributed by atoms with Crippen LogP contribution in [-0.4, -0.2) is 29.0 Å². The van der Waals surface area contributed by atoms with Crippen LogP contribution in [0.1, 0.15) is 37.2 Å². The van der Waals surface area contributed by atoms with Crippen LogP contribution < -0.4 is 10.2 Å². The molecule has 1 saturated heterocycles. The number of rotatable bonds is 4. The fourth-order valence-corrected chi connectivity index (χ4v) is 3.39. The van der Waals surface area contributed by atoms with E-state index < -0.39 is 0 Å². The van der Waals surface area contributed by atoms with Crippen molar-refractivity contribution in [1.29, 1.82) is 0 Å². The van der Waals surface area contributed by atoms with Crippen molar-refractivity contribution in [2.45, 2.75) is 31.6 Å². The van der Waals surface area contributed by atoms with E-state index in [0.29, 0.717) is 12.5 Å². The van der Waals surface area contributed by atoms with Crippen molar-refractivity contribution in [2.75, 3.05) is 23.3 Å². The zero-order valence-corrected chi connectivity index (χ0v) is 13.7. The van der Waals surface area contributed by atoms with E-state index in [1.165, 1.54) is 18.4 Å². The van der Waals surface area contributed by atoms with Gasteiger partial charge in [-0.1, -0.05) is 12.1 Å². The summed E-state index contributed by atoms with van der Waals surface area (Å²) in [4.78, 5) is 23.3. The number of hydrogen-bond donors (Lipinski definition) is 1. The standard InChI is InChI=1S/C19H22N4O/c24-19(22-17-5-1-3-15(11-17)14-6-7-14)16-4-2-10-23(13-16)18-12-20-8-9-21-18/h1,3,5,8-9,11-12,14,16H,2,4,6-7,10,13H2,(H,22,24). The Morgan fingerprint density at radius 3 is 2.92 bits per heavy atom. The monoisotopic (exact) mass is 322 g/mol. The Morgan fingerprint density at radius 1 is 1.21 bits per heavy atom. The van der Waals surface area contributed by atoms with E-state index in [1.54, 1.807) is 18.6 Å². The summed E-state index contributed by atoms with van der Waals surface area (Å²) in [6.45, 7) is 1.63. The average molecular weight is 322 g/mol. The minimum absolute atomic E-state index is 0.00895. The largest absolute Gasteiger partial charge is 0.355 e. The first-order valence-electron chi connectivity index (χ1n) is 8.71. The molecule has 1 aromatic heterocycles. The first kappa shape index (κ1) is 15.1. The Morgan fingerprint density at radius 2 is 2.12 bits per heavy atom. The summed E-state index contributed by atoms with van der Waals surface area (Å²) >= 11 is 0. The Hall–Kier alpha value is -2.43. The zero-order valence-electron chi connectivity index (χ0n) is 13.7. The summed E-state index contributed by atoms with van der Waals surface area (Å²) in [5.74, 6) is 1.65. The Bertz CT molecular complexity index is 714. The number of nitrogens with one attached hydrogen (secondary N) is 1. The van der Waals surface area contributed by atoms with Crippen molar-refractivity contribution in [3.05, 3.63) is 48.4 Å². The van der Waals surface area contributed by atoms with Crippen molar-refractivity contribution in [1.82, 2.24) is 9.97 Å². The number of benzene rings is 1. The first-order valence-corrected chi connectivity index (χ1v) is 8.71. The number of carbonyl (C=O) groups excluding carboxylic acids is 1. The molecule has 124 valence electrons. The third-order valence-electron chi connectivity index (χ3n) is 4.87. The minimum Gasteiger partial charge on any atom is -0.355 e.